The number of carbonyl (C=O) groups is 2. The number of nitrogens with zero attached hydrogens (tertiary/aromatic N) is 3. The first-order chi connectivity index (χ1) is 8.97. The van der Waals surface area contributed by atoms with Gasteiger partial charge in [-0.1, -0.05) is 0 Å². The van der Waals surface area contributed by atoms with Crippen LogP contribution >= 0.6 is 0 Å². The van der Waals surface area contributed by atoms with Crippen LogP contribution in [0.4, 0.5) is 0 Å². The first-order valence-corrected chi connectivity index (χ1v) is 6.20. The molecule has 2 heterocycles. The number of aromatic nitrogens is 3. The topological polar surface area (TPSA) is 94.3 Å². The fourth-order valence-corrected chi connectivity index (χ4v) is 2.24. The first-order valence-electron chi connectivity index (χ1n) is 6.20. The van der Waals surface area contributed by atoms with Gasteiger partial charge in [0.15, 0.2) is 11.2 Å². The van der Waals surface area contributed by atoms with Crippen LogP contribution in [0.2, 0.25) is 0 Å². The molecule has 1 aromatic rings. The van der Waals surface area contributed by atoms with Crippen LogP contribution in [-0.2, 0) is 20.7 Å². The van der Waals surface area contributed by atoms with Crippen LogP contribution < -0.4 is 0 Å². The van der Waals surface area contributed by atoms with Crippen molar-refractivity contribution in [2.45, 2.75) is 32.7 Å². The summed E-state index contributed by atoms with van der Waals surface area (Å²) in [5.74, 6) is -0.962. The van der Waals surface area contributed by atoms with Crippen LogP contribution in [0, 0.1) is 5.41 Å². The van der Waals surface area contributed by atoms with Crippen molar-refractivity contribution in [1.82, 2.24) is 14.8 Å². The van der Waals surface area contributed by atoms with Gasteiger partial charge in [0.2, 0.25) is 0 Å². The molecule has 1 atom stereocenters. The Morgan fingerprint density at radius 3 is 2.95 bits per heavy atom. The van der Waals surface area contributed by atoms with E-state index in [-0.39, 0.29) is 37.9 Å². The number of ether oxygens (including phenoxy) is 1. The molecule has 1 aliphatic rings. The summed E-state index contributed by atoms with van der Waals surface area (Å²) in [5.41, 5.74) is -1.53. The molecule has 1 aliphatic heterocycles. The Morgan fingerprint density at radius 2 is 2.37 bits per heavy atom. The van der Waals surface area contributed by atoms with E-state index in [2.05, 4.69) is 10.1 Å². The van der Waals surface area contributed by atoms with Crippen molar-refractivity contribution >= 4 is 11.8 Å². The van der Waals surface area contributed by atoms with E-state index in [4.69, 9.17) is 4.74 Å². The van der Waals surface area contributed by atoms with Crippen LogP contribution in [0.5, 0.6) is 0 Å². The minimum atomic E-state index is -1.53. The van der Waals surface area contributed by atoms with Crippen LogP contribution in [0.15, 0.2) is 6.33 Å². The SMILES string of the molecule is CC(C)n1ncnc1CC1(C(=O)O)COCCC1=O. The maximum Gasteiger partial charge on any atom is 0.320 e. The third kappa shape index (κ3) is 2.37. The van der Waals surface area contributed by atoms with Crippen molar-refractivity contribution < 1.29 is 19.4 Å². The van der Waals surface area contributed by atoms with Crippen LogP contribution in [-0.4, -0.2) is 44.8 Å². The highest BCUT2D eigenvalue weighted by Gasteiger charge is 2.49. The Labute approximate surface area is 110 Å². The van der Waals surface area contributed by atoms with Crippen molar-refractivity contribution in [2.24, 2.45) is 5.41 Å². The molecule has 1 unspecified atom stereocenters. The zero-order valence-electron chi connectivity index (χ0n) is 11.0. The standard InChI is InChI=1S/C12H17N3O4/c1-8(2)15-10(13-7-14-15)5-12(11(17)18)6-19-4-3-9(12)16/h7-8H,3-6H2,1-2H3,(H,17,18). The van der Waals surface area contributed by atoms with Gasteiger partial charge >= 0.3 is 5.97 Å². The van der Waals surface area contributed by atoms with Crippen molar-refractivity contribution in [2.75, 3.05) is 13.2 Å². The van der Waals surface area contributed by atoms with Crippen molar-refractivity contribution in [3.63, 3.8) is 0 Å². The second-order valence-electron chi connectivity index (χ2n) is 5.00. The number of ketones is 1. The molecule has 0 saturated carbocycles. The molecule has 0 spiro atoms. The number of carboxylic acid groups (broad SMARTS) is 1. The summed E-state index contributed by atoms with van der Waals surface area (Å²) in [6, 6.07) is 0.0583. The molecule has 104 valence electrons. The van der Waals surface area contributed by atoms with E-state index in [0.29, 0.717) is 5.82 Å². The molecule has 0 aliphatic carbocycles. The third-order valence-corrected chi connectivity index (χ3v) is 3.36. The molecule has 1 saturated heterocycles. The summed E-state index contributed by atoms with van der Waals surface area (Å²) in [4.78, 5) is 27.7. The van der Waals surface area contributed by atoms with Gasteiger partial charge in [0, 0.05) is 18.9 Å². The van der Waals surface area contributed by atoms with Gasteiger partial charge in [-0.25, -0.2) is 9.67 Å². The number of rotatable bonds is 4. The van der Waals surface area contributed by atoms with E-state index in [9.17, 15) is 14.7 Å². The molecule has 7 heteroatoms. The smallest absolute Gasteiger partial charge is 0.320 e. The van der Waals surface area contributed by atoms with E-state index >= 15 is 0 Å². The lowest BCUT2D eigenvalue weighted by Crippen LogP contribution is -2.49. The Hall–Kier alpha value is -1.76. The number of hydrogen-bond acceptors (Lipinski definition) is 5. The highest BCUT2D eigenvalue weighted by Crippen LogP contribution is 2.30. The fraction of sp³-hybridized carbons (Fsp3) is 0.667. The summed E-state index contributed by atoms with van der Waals surface area (Å²) in [5, 5.41) is 13.5. The zero-order chi connectivity index (χ0) is 14.0. The maximum absolute atomic E-state index is 12.0. The Balaban J connectivity index is 2.33. The lowest BCUT2D eigenvalue weighted by molar-refractivity contribution is -0.164. The zero-order valence-corrected chi connectivity index (χ0v) is 11.0. The highest BCUT2D eigenvalue weighted by atomic mass is 16.5. The molecule has 0 aromatic carbocycles. The van der Waals surface area contributed by atoms with E-state index in [1.54, 1.807) is 4.68 Å². The van der Waals surface area contributed by atoms with Crippen molar-refractivity contribution in [3.05, 3.63) is 12.2 Å². The van der Waals surface area contributed by atoms with E-state index in [0.717, 1.165) is 0 Å². The molecular weight excluding hydrogens is 250 g/mol. The molecule has 1 fully saturated rings. The largest absolute Gasteiger partial charge is 0.480 e. The summed E-state index contributed by atoms with van der Waals surface area (Å²) in [6.07, 6.45) is 1.51. The molecular formula is C12H17N3O4. The third-order valence-electron chi connectivity index (χ3n) is 3.36. The van der Waals surface area contributed by atoms with Crippen LogP contribution in [0.25, 0.3) is 0 Å². The molecule has 2 rings (SSSR count). The number of carboxylic acids is 1. The Kier molecular flexibility index (Phi) is 3.66. The average Bonchev–Trinajstić information content (AvgIpc) is 2.80. The van der Waals surface area contributed by atoms with Crippen molar-refractivity contribution in [1.29, 1.82) is 0 Å². The maximum atomic E-state index is 12.0. The van der Waals surface area contributed by atoms with Crippen LogP contribution in [0.1, 0.15) is 32.1 Å². The molecule has 0 amide bonds. The Morgan fingerprint density at radius 1 is 1.63 bits per heavy atom. The van der Waals surface area contributed by atoms with E-state index in [1.807, 2.05) is 13.8 Å². The highest BCUT2D eigenvalue weighted by molar-refractivity contribution is 6.03. The lowest BCUT2D eigenvalue weighted by atomic mass is 9.78. The minimum absolute atomic E-state index is 0.0132. The van der Waals surface area contributed by atoms with Gasteiger partial charge in [0.05, 0.1) is 13.2 Å². The molecule has 0 radical (unpaired) electrons. The summed E-state index contributed by atoms with van der Waals surface area (Å²) >= 11 is 0. The predicted octanol–water partition coefficient (Wildman–Crippen LogP) is 0.462. The van der Waals surface area contributed by atoms with E-state index in [1.165, 1.54) is 6.33 Å². The monoisotopic (exact) mass is 267 g/mol. The number of hydrogen-bond donors (Lipinski definition) is 1. The lowest BCUT2D eigenvalue weighted by Gasteiger charge is -2.31. The quantitative estimate of drug-likeness (QED) is 0.796. The van der Waals surface area contributed by atoms with Gasteiger partial charge in [-0.05, 0) is 13.8 Å². The summed E-state index contributed by atoms with van der Waals surface area (Å²) < 4.78 is 6.84. The van der Waals surface area contributed by atoms with Gasteiger partial charge in [-0.3, -0.25) is 9.59 Å². The van der Waals surface area contributed by atoms with Gasteiger partial charge in [-0.2, -0.15) is 5.10 Å². The van der Waals surface area contributed by atoms with Crippen molar-refractivity contribution in [3.8, 4) is 0 Å². The average molecular weight is 267 g/mol. The first kappa shape index (κ1) is 13.7. The van der Waals surface area contributed by atoms with E-state index < -0.39 is 11.4 Å². The molecule has 19 heavy (non-hydrogen) atoms. The molecule has 1 N–H and O–H groups in total. The number of aliphatic carboxylic acids is 1. The number of carbonyl (C=O) groups excluding carboxylic acids is 1. The number of Topliss-reactive ketones (excluding diaryl/α,β-unsaturated/α-hetero) is 1. The molecule has 0 bridgehead atoms. The molecule has 7 nitrogen and oxygen atoms in total. The van der Waals surface area contributed by atoms with Gasteiger partial charge in [0.25, 0.3) is 0 Å². The minimum Gasteiger partial charge on any atom is -0.480 e. The second-order valence-corrected chi connectivity index (χ2v) is 5.00. The summed E-state index contributed by atoms with van der Waals surface area (Å²) in [6.45, 7) is 4.02. The second kappa shape index (κ2) is 5.08. The molecule has 1 aromatic heterocycles. The van der Waals surface area contributed by atoms with Gasteiger partial charge in [0.1, 0.15) is 12.2 Å². The van der Waals surface area contributed by atoms with Gasteiger partial charge in [-0.15, -0.1) is 0 Å². The van der Waals surface area contributed by atoms with Gasteiger partial charge < -0.3 is 9.84 Å². The predicted molar refractivity (Wildman–Crippen MR) is 64.6 cm³/mol. The summed E-state index contributed by atoms with van der Waals surface area (Å²) in [7, 11) is 0. The fourth-order valence-electron chi connectivity index (χ4n) is 2.24. The normalized spacial score (nSPS) is 23.8. The Bertz CT molecular complexity index is 497. The van der Waals surface area contributed by atoms with Crippen LogP contribution in [0.3, 0.4) is 0 Å².